The van der Waals surface area contributed by atoms with Gasteiger partial charge >= 0.3 is 6.09 Å². The highest BCUT2D eigenvalue weighted by Gasteiger charge is 2.28. The van der Waals surface area contributed by atoms with Gasteiger partial charge in [-0.1, -0.05) is 18.2 Å². The average Bonchev–Trinajstić information content (AvgIpc) is 3.24. The third-order valence-corrected chi connectivity index (χ3v) is 7.85. The quantitative estimate of drug-likeness (QED) is 0.241. The molecular weight excluding hydrogens is 512 g/mol. The number of carbonyl (C=O) groups is 2. The number of aliphatic hydroxyl groups excluding tert-OH is 1. The second kappa shape index (κ2) is 11.3. The first-order chi connectivity index (χ1) is 17.8. The van der Waals surface area contributed by atoms with Gasteiger partial charge in [-0.15, -0.1) is 0 Å². The number of phenolic OH excluding ortho intramolecular Hbond substituents is 1. The Morgan fingerprint density at radius 3 is 2.37 bits per heavy atom. The molecule has 0 unspecified atom stereocenters. The number of amides is 2. The minimum absolute atomic E-state index is 0.00618. The number of nitrogens with two attached hydrogens (primary N) is 1. The molecule has 0 aliphatic carbocycles. The number of hydrogen-bond donors (Lipinski definition) is 5. The van der Waals surface area contributed by atoms with Gasteiger partial charge in [-0.2, -0.15) is 0 Å². The van der Waals surface area contributed by atoms with Crippen LogP contribution in [-0.2, 0) is 16.3 Å². The number of anilines is 1. The van der Waals surface area contributed by atoms with Crippen LogP contribution >= 0.6 is 0 Å². The fourth-order valence-electron chi connectivity index (χ4n) is 4.68. The normalized spacial score (nSPS) is 13.3. The molecule has 1 aromatic heterocycles. The van der Waals surface area contributed by atoms with Crippen LogP contribution in [0.1, 0.15) is 48.4 Å². The Labute approximate surface area is 221 Å². The van der Waals surface area contributed by atoms with Gasteiger partial charge in [0.25, 0.3) is 5.91 Å². The van der Waals surface area contributed by atoms with Crippen LogP contribution in [0.4, 0.5) is 10.5 Å². The molecule has 0 spiro atoms. The number of H-pyrrole nitrogens is 1. The fourth-order valence-corrected chi connectivity index (χ4v) is 5.65. The summed E-state index contributed by atoms with van der Waals surface area (Å²) in [7, 11) is -3.90. The van der Waals surface area contributed by atoms with E-state index in [0.29, 0.717) is 24.2 Å². The number of carbonyl (C=O) groups excluding carboxylic acids is 1. The van der Waals surface area contributed by atoms with Crippen LogP contribution in [0.3, 0.4) is 0 Å². The zero-order chi connectivity index (χ0) is 28.4. The Morgan fingerprint density at radius 2 is 1.79 bits per heavy atom. The van der Waals surface area contributed by atoms with Crippen LogP contribution in [0.2, 0.25) is 0 Å². The molecule has 206 valence electrons. The molecule has 0 radical (unpaired) electrons. The number of hydrogen-bond acceptors (Lipinski definition) is 7. The average molecular weight is 547 g/mol. The molecule has 2 aromatic carbocycles. The van der Waals surface area contributed by atoms with Crippen molar-refractivity contribution >= 4 is 38.4 Å². The summed E-state index contributed by atoms with van der Waals surface area (Å²) in [6.45, 7) is 6.26. The molecule has 0 saturated heterocycles. The molecule has 11 nitrogen and oxygen atoms in total. The lowest BCUT2D eigenvalue weighted by molar-refractivity contribution is 0.0774. The van der Waals surface area contributed by atoms with Gasteiger partial charge in [0.2, 0.25) is 0 Å². The number of nitrogens with zero attached hydrogens (tertiary/aromatic N) is 2. The summed E-state index contributed by atoms with van der Waals surface area (Å²) in [5, 5.41) is 31.5. The SMILES string of the molecule is CCN(CC)C(=O)c1cccc2c(C[C@@H](C)N(C[C@H](O)c3ccc(O)c(S(C)(=O)=O)c3N)C(=O)O)c[nH]c12. The third kappa shape index (κ3) is 5.70. The number of aromatic hydroxyl groups is 1. The van der Waals surface area contributed by atoms with E-state index in [1.807, 2.05) is 19.9 Å². The number of carboxylic acid groups (broad SMARTS) is 1. The number of nitrogens with one attached hydrogen (secondary N) is 1. The summed E-state index contributed by atoms with van der Waals surface area (Å²) in [6.07, 6.45) is 0.169. The first-order valence-electron chi connectivity index (χ1n) is 12.2. The van der Waals surface area contributed by atoms with E-state index in [4.69, 9.17) is 5.73 Å². The number of aliphatic hydroxyl groups is 1. The van der Waals surface area contributed by atoms with E-state index in [2.05, 4.69) is 4.98 Å². The summed E-state index contributed by atoms with van der Waals surface area (Å²) in [4.78, 5) is 30.5. The van der Waals surface area contributed by atoms with Crippen molar-refractivity contribution in [3.05, 3.63) is 53.2 Å². The maximum atomic E-state index is 13.0. The van der Waals surface area contributed by atoms with Crippen molar-refractivity contribution in [2.45, 2.75) is 44.2 Å². The van der Waals surface area contributed by atoms with Crippen molar-refractivity contribution in [3.63, 3.8) is 0 Å². The van der Waals surface area contributed by atoms with E-state index in [0.717, 1.165) is 28.2 Å². The van der Waals surface area contributed by atoms with Crippen molar-refractivity contribution in [3.8, 4) is 5.75 Å². The number of benzene rings is 2. The van der Waals surface area contributed by atoms with E-state index in [1.54, 1.807) is 30.2 Å². The van der Waals surface area contributed by atoms with E-state index >= 15 is 0 Å². The number of aromatic nitrogens is 1. The molecule has 12 heteroatoms. The largest absolute Gasteiger partial charge is 0.507 e. The molecule has 1 heterocycles. The lowest BCUT2D eigenvalue weighted by atomic mass is 10.0. The Hall–Kier alpha value is -3.77. The molecule has 6 N–H and O–H groups in total. The fraction of sp³-hybridized carbons (Fsp3) is 0.385. The molecule has 38 heavy (non-hydrogen) atoms. The molecule has 0 bridgehead atoms. The van der Waals surface area contributed by atoms with Gasteiger partial charge in [-0.25, -0.2) is 13.2 Å². The summed E-state index contributed by atoms with van der Waals surface area (Å²) < 4.78 is 24.1. The van der Waals surface area contributed by atoms with E-state index < -0.39 is 38.7 Å². The number of rotatable bonds is 10. The molecular formula is C26H34N4O7S. The molecule has 0 aliphatic rings. The Morgan fingerprint density at radius 1 is 1.13 bits per heavy atom. The highest BCUT2D eigenvalue weighted by atomic mass is 32.2. The van der Waals surface area contributed by atoms with Gasteiger partial charge in [-0.3, -0.25) is 4.79 Å². The molecule has 0 fully saturated rings. The lowest BCUT2D eigenvalue weighted by Gasteiger charge is -2.29. The minimum Gasteiger partial charge on any atom is -0.507 e. The summed E-state index contributed by atoms with van der Waals surface area (Å²) in [6, 6.07) is 7.16. The van der Waals surface area contributed by atoms with E-state index in [9.17, 15) is 33.3 Å². The zero-order valence-electron chi connectivity index (χ0n) is 21.8. The number of nitrogen functional groups attached to an aromatic ring is 1. The highest BCUT2D eigenvalue weighted by Crippen LogP contribution is 2.35. The van der Waals surface area contributed by atoms with Crippen LogP contribution < -0.4 is 5.73 Å². The Kier molecular flexibility index (Phi) is 8.58. The van der Waals surface area contributed by atoms with Crippen molar-refractivity contribution < 1.29 is 33.3 Å². The van der Waals surface area contributed by atoms with Crippen molar-refractivity contribution in [2.75, 3.05) is 31.6 Å². The summed E-state index contributed by atoms with van der Waals surface area (Å²) in [5.74, 6) is -0.653. The lowest BCUT2D eigenvalue weighted by Crippen LogP contribution is -2.41. The van der Waals surface area contributed by atoms with Crippen molar-refractivity contribution in [1.82, 2.24) is 14.8 Å². The maximum absolute atomic E-state index is 13.0. The molecule has 2 amide bonds. The smallest absolute Gasteiger partial charge is 0.407 e. The summed E-state index contributed by atoms with van der Waals surface area (Å²) in [5.41, 5.74) is 7.60. The van der Waals surface area contributed by atoms with Gasteiger partial charge in [0.15, 0.2) is 9.84 Å². The highest BCUT2D eigenvalue weighted by molar-refractivity contribution is 7.91. The number of sulfone groups is 1. The molecule has 0 saturated carbocycles. The predicted molar refractivity (Wildman–Crippen MR) is 144 cm³/mol. The molecule has 3 rings (SSSR count). The van der Waals surface area contributed by atoms with Crippen LogP contribution in [-0.4, -0.2) is 82.5 Å². The van der Waals surface area contributed by atoms with Gasteiger partial charge < -0.3 is 35.8 Å². The monoisotopic (exact) mass is 546 g/mol. The molecule has 3 aromatic rings. The van der Waals surface area contributed by atoms with Gasteiger partial charge in [-0.05, 0) is 44.9 Å². The number of aromatic amines is 1. The van der Waals surface area contributed by atoms with Crippen LogP contribution in [0.5, 0.6) is 5.75 Å². The molecule has 2 atom stereocenters. The summed E-state index contributed by atoms with van der Waals surface area (Å²) >= 11 is 0. The number of fused-ring (bicyclic) bond motifs is 1. The first kappa shape index (κ1) is 28.8. The van der Waals surface area contributed by atoms with Crippen LogP contribution in [0, 0.1) is 0 Å². The molecule has 0 aliphatic heterocycles. The van der Waals surface area contributed by atoms with E-state index in [1.165, 1.54) is 6.07 Å². The van der Waals surface area contributed by atoms with Crippen LogP contribution in [0.15, 0.2) is 41.4 Å². The zero-order valence-corrected chi connectivity index (χ0v) is 22.6. The maximum Gasteiger partial charge on any atom is 0.407 e. The predicted octanol–water partition coefficient (Wildman–Crippen LogP) is 2.99. The van der Waals surface area contributed by atoms with Crippen molar-refractivity contribution in [1.29, 1.82) is 0 Å². The van der Waals surface area contributed by atoms with Crippen LogP contribution in [0.25, 0.3) is 10.9 Å². The Bertz CT molecular complexity index is 1450. The number of para-hydroxylation sites is 1. The first-order valence-corrected chi connectivity index (χ1v) is 14.1. The number of phenols is 1. The second-order valence-corrected chi connectivity index (χ2v) is 11.2. The minimum atomic E-state index is -3.90. The third-order valence-electron chi connectivity index (χ3n) is 6.68. The second-order valence-electron chi connectivity index (χ2n) is 9.21. The van der Waals surface area contributed by atoms with Gasteiger partial charge in [0.05, 0.1) is 29.4 Å². The van der Waals surface area contributed by atoms with Gasteiger partial charge in [0.1, 0.15) is 10.6 Å². The van der Waals surface area contributed by atoms with Gasteiger partial charge in [0, 0.05) is 42.5 Å². The standard InChI is InChI=1S/C26H34N4O7S/c1-5-29(6-2)25(33)19-9-7-8-17-16(13-28-23(17)19)12-15(3)30(26(34)35)14-21(32)18-10-11-20(31)24(22(18)27)38(4,36)37/h7-11,13,15,21,28,31-32H,5-6,12,14,27H2,1-4H3,(H,34,35)/t15-,21+/m1/s1. The van der Waals surface area contributed by atoms with Crippen molar-refractivity contribution in [2.24, 2.45) is 0 Å². The topological polar surface area (TPSA) is 177 Å². The van der Waals surface area contributed by atoms with E-state index in [-0.39, 0.29) is 30.1 Å². The Balaban J connectivity index is 1.88.